The lowest BCUT2D eigenvalue weighted by atomic mass is 10.1. The van der Waals surface area contributed by atoms with Crippen molar-refractivity contribution in [3.8, 4) is 45.5 Å². The van der Waals surface area contributed by atoms with Gasteiger partial charge in [0.15, 0.2) is 11.5 Å². The van der Waals surface area contributed by atoms with E-state index in [1.54, 1.807) is 6.07 Å². The Morgan fingerprint density at radius 1 is 0.893 bits per heavy atom. The maximum absolute atomic E-state index is 10.4. The summed E-state index contributed by atoms with van der Waals surface area (Å²) in [5.41, 5.74) is 5.27. The van der Waals surface area contributed by atoms with E-state index in [0.717, 1.165) is 34.0 Å². The van der Waals surface area contributed by atoms with Crippen molar-refractivity contribution in [3.05, 3.63) is 78.4 Å². The van der Waals surface area contributed by atoms with Gasteiger partial charge in [0.05, 0.1) is 17.1 Å². The molecule has 5 rings (SSSR count). The summed E-state index contributed by atoms with van der Waals surface area (Å²) in [6, 6.07) is 23.3. The lowest BCUT2D eigenvalue weighted by molar-refractivity contribution is 0.174. The average molecular weight is 370 g/mol. The van der Waals surface area contributed by atoms with E-state index >= 15 is 0 Å². The van der Waals surface area contributed by atoms with Crippen LogP contribution in [0.15, 0.2) is 72.8 Å². The number of fused-ring (bicyclic) bond motifs is 1. The first-order valence-electron chi connectivity index (χ1n) is 9.04. The molecule has 28 heavy (non-hydrogen) atoms. The topological polar surface area (TPSA) is 56.5 Å². The molecule has 0 fully saturated rings. The van der Waals surface area contributed by atoms with Crippen LogP contribution in [0, 0.1) is 6.92 Å². The number of phenolic OH excluding ortho intramolecular Hbond substituents is 1. The summed E-state index contributed by atoms with van der Waals surface area (Å²) in [5.74, 6) is 1.67. The second-order valence-electron chi connectivity index (χ2n) is 6.75. The van der Waals surface area contributed by atoms with Crippen LogP contribution in [0.25, 0.3) is 28.2 Å². The molecule has 1 aliphatic heterocycles. The van der Waals surface area contributed by atoms with Gasteiger partial charge in [-0.25, -0.2) is 4.68 Å². The van der Waals surface area contributed by atoms with E-state index in [-0.39, 0.29) is 12.5 Å². The van der Waals surface area contributed by atoms with Gasteiger partial charge in [0.25, 0.3) is 0 Å². The zero-order chi connectivity index (χ0) is 19.1. The van der Waals surface area contributed by atoms with Crippen molar-refractivity contribution < 1.29 is 14.6 Å². The Hall–Kier alpha value is -3.73. The molecule has 0 saturated heterocycles. The minimum absolute atomic E-state index is 0.209. The number of aromatic nitrogens is 2. The van der Waals surface area contributed by atoms with Crippen LogP contribution in [-0.2, 0) is 0 Å². The van der Waals surface area contributed by atoms with Crippen LogP contribution in [0.1, 0.15) is 5.56 Å². The van der Waals surface area contributed by atoms with E-state index in [0.29, 0.717) is 11.3 Å². The summed E-state index contributed by atoms with van der Waals surface area (Å²) in [5, 5.41) is 15.2. The molecule has 0 atom stereocenters. The molecule has 0 unspecified atom stereocenters. The summed E-state index contributed by atoms with van der Waals surface area (Å²) in [6.07, 6.45) is 0. The van der Waals surface area contributed by atoms with Gasteiger partial charge in [0, 0.05) is 11.1 Å². The molecular weight excluding hydrogens is 352 g/mol. The molecule has 1 aliphatic rings. The number of para-hydroxylation sites is 1. The fourth-order valence-corrected chi connectivity index (χ4v) is 3.40. The normalized spacial score (nSPS) is 12.3. The monoisotopic (exact) mass is 370 g/mol. The average Bonchev–Trinajstić information content (AvgIpc) is 3.37. The molecule has 0 amide bonds. The van der Waals surface area contributed by atoms with Gasteiger partial charge in [0.1, 0.15) is 5.75 Å². The fourth-order valence-electron chi connectivity index (χ4n) is 3.40. The fraction of sp³-hybridized carbons (Fsp3) is 0.0870. The molecule has 4 aromatic rings. The van der Waals surface area contributed by atoms with Crippen molar-refractivity contribution in [2.45, 2.75) is 6.92 Å². The second-order valence-corrected chi connectivity index (χ2v) is 6.75. The third kappa shape index (κ3) is 2.77. The second kappa shape index (κ2) is 6.46. The number of ether oxygens (including phenoxy) is 2. The number of aryl methyl sites for hydroxylation is 1. The molecule has 0 aliphatic carbocycles. The van der Waals surface area contributed by atoms with E-state index < -0.39 is 0 Å². The maximum Gasteiger partial charge on any atom is 0.231 e. The standard InChI is InChI=1S/C23H18N2O3/c1-15-7-9-21(26)18(11-15)19-13-20(25(24-19)17-5-3-2-4-6-17)16-8-10-22-23(12-16)28-14-27-22/h2-13,26H,14H2,1H3. The largest absolute Gasteiger partial charge is 0.507 e. The SMILES string of the molecule is Cc1ccc(O)c(-c2cc(-c3ccc4c(c3)OCO4)n(-c3ccccc3)n2)c1. The molecule has 0 radical (unpaired) electrons. The Balaban J connectivity index is 1.71. The number of rotatable bonds is 3. The van der Waals surface area contributed by atoms with E-state index in [9.17, 15) is 5.11 Å². The third-order valence-corrected chi connectivity index (χ3v) is 4.81. The van der Waals surface area contributed by atoms with Crippen LogP contribution < -0.4 is 9.47 Å². The Morgan fingerprint density at radius 2 is 1.71 bits per heavy atom. The van der Waals surface area contributed by atoms with Crippen molar-refractivity contribution in [2.24, 2.45) is 0 Å². The van der Waals surface area contributed by atoms with Crippen molar-refractivity contribution in [3.63, 3.8) is 0 Å². The first-order valence-corrected chi connectivity index (χ1v) is 9.04. The molecule has 0 saturated carbocycles. The molecule has 0 spiro atoms. The van der Waals surface area contributed by atoms with E-state index in [1.165, 1.54) is 0 Å². The van der Waals surface area contributed by atoms with E-state index in [2.05, 4.69) is 0 Å². The zero-order valence-electron chi connectivity index (χ0n) is 15.3. The number of nitrogens with zero attached hydrogens (tertiary/aromatic N) is 2. The number of phenols is 1. The Morgan fingerprint density at radius 3 is 2.57 bits per heavy atom. The van der Waals surface area contributed by atoms with Crippen LogP contribution in [0.5, 0.6) is 17.2 Å². The quantitative estimate of drug-likeness (QED) is 0.554. The zero-order valence-corrected chi connectivity index (χ0v) is 15.3. The molecule has 1 aromatic heterocycles. The molecule has 3 aromatic carbocycles. The van der Waals surface area contributed by atoms with Gasteiger partial charge in [0.2, 0.25) is 6.79 Å². The van der Waals surface area contributed by atoms with Crippen LogP contribution in [0.4, 0.5) is 0 Å². The van der Waals surface area contributed by atoms with Crippen molar-refractivity contribution >= 4 is 0 Å². The minimum atomic E-state index is 0.209. The third-order valence-electron chi connectivity index (χ3n) is 4.81. The predicted molar refractivity (Wildman–Crippen MR) is 107 cm³/mol. The highest BCUT2D eigenvalue weighted by molar-refractivity contribution is 5.75. The van der Waals surface area contributed by atoms with E-state index in [4.69, 9.17) is 14.6 Å². The van der Waals surface area contributed by atoms with Gasteiger partial charge in [-0.3, -0.25) is 0 Å². The smallest absolute Gasteiger partial charge is 0.231 e. The van der Waals surface area contributed by atoms with Gasteiger partial charge in [-0.2, -0.15) is 5.10 Å². The van der Waals surface area contributed by atoms with Gasteiger partial charge in [-0.15, -0.1) is 0 Å². The summed E-state index contributed by atoms with van der Waals surface area (Å²) < 4.78 is 12.9. The predicted octanol–water partition coefficient (Wildman–Crippen LogP) is 4.95. The Kier molecular flexibility index (Phi) is 3.79. The highest BCUT2D eigenvalue weighted by atomic mass is 16.7. The lowest BCUT2D eigenvalue weighted by Gasteiger charge is -2.08. The Bertz CT molecular complexity index is 1170. The summed E-state index contributed by atoms with van der Waals surface area (Å²) in [7, 11) is 0. The molecular formula is C23H18N2O3. The van der Waals surface area contributed by atoms with Crippen LogP contribution in [0.3, 0.4) is 0 Å². The highest BCUT2D eigenvalue weighted by Crippen LogP contribution is 2.38. The van der Waals surface area contributed by atoms with Gasteiger partial charge in [-0.1, -0.05) is 29.8 Å². The van der Waals surface area contributed by atoms with Crippen LogP contribution in [0.2, 0.25) is 0 Å². The molecule has 138 valence electrons. The van der Waals surface area contributed by atoms with Crippen molar-refractivity contribution in [2.75, 3.05) is 6.79 Å². The minimum Gasteiger partial charge on any atom is -0.507 e. The number of hydrogen-bond donors (Lipinski definition) is 1. The van der Waals surface area contributed by atoms with Crippen molar-refractivity contribution in [1.82, 2.24) is 9.78 Å². The lowest BCUT2D eigenvalue weighted by Crippen LogP contribution is -1.99. The highest BCUT2D eigenvalue weighted by Gasteiger charge is 2.19. The summed E-state index contributed by atoms with van der Waals surface area (Å²) in [6.45, 7) is 2.23. The van der Waals surface area contributed by atoms with Gasteiger partial charge < -0.3 is 14.6 Å². The van der Waals surface area contributed by atoms with Gasteiger partial charge >= 0.3 is 0 Å². The Labute approximate surface area is 162 Å². The van der Waals surface area contributed by atoms with Gasteiger partial charge in [-0.05, 0) is 55.5 Å². The number of benzene rings is 3. The van der Waals surface area contributed by atoms with Crippen molar-refractivity contribution in [1.29, 1.82) is 0 Å². The number of hydrogen-bond acceptors (Lipinski definition) is 4. The number of aromatic hydroxyl groups is 1. The molecule has 2 heterocycles. The molecule has 5 heteroatoms. The van der Waals surface area contributed by atoms with Crippen LogP contribution in [-0.4, -0.2) is 21.7 Å². The van der Waals surface area contributed by atoms with E-state index in [1.807, 2.05) is 78.3 Å². The first kappa shape index (κ1) is 16.4. The molecule has 0 bridgehead atoms. The summed E-state index contributed by atoms with van der Waals surface area (Å²) in [4.78, 5) is 0. The molecule has 1 N–H and O–H groups in total. The molecule has 5 nitrogen and oxygen atoms in total. The maximum atomic E-state index is 10.4. The summed E-state index contributed by atoms with van der Waals surface area (Å²) >= 11 is 0. The van der Waals surface area contributed by atoms with Crippen LogP contribution >= 0.6 is 0 Å². The first-order chi connectivity index (χ1) is 13.7.